The molecule has 0 aliphatic heterocycles. The SMILES string of the molecule is O=C(O)Cn1nnnc1SCc1cc(=O)n2[nH]cnc2n1. The Bertz CT molecular complexity index is 852. The van der Waals surface area contributed by atoms with E-state index in [2.05, 4.69) is 30.6 Å². The predicted octanol–water partition coefficient (Wildman–Crippen LogP) is -1.22. The number of hydrogen-bond acceptors (Lipinski definition) is 8. The lowest BCUT2D eigenvalue weighted by atomic mass is 10.4. The molecule has 0 aliphatic carbocycles. The van der Waals surface area contributed by atoms with E-state index in [1.807, 2.05) is 0 Å². The summed E-state index contributed by atoms with van der Waals surface area (Å²) in [5.74, 6) is -0.458. The third kappa shape index (κ3) is 2.74. The first-order chi connectivity index (χ1) is 10.1. The summed E-state index contributed by atoms with van der Waals surface area (Å²) in [6, 6.07) is 1.36. The second-order valence-corrected chi connectivity index (χ2v) is 4.85. The molecular formula is C9H8N8O3S. The smallest absolute Gasteiger partial charge is 0.325 e. The zero-order valence-electron chi connectivity index (χ0n) is 10.4. The average Bonchev–Trinajstić information content (AvgIpc) is 3.05. The lowest BCUT2D eigenvalue weighted by molar-refractivity contribution is -0.138. The molecule has 0 radical (unpaired) electrons. The summed E-state index contributed by atoms with van der Waals surface area (Å²) in [6.07, 6.45) is 1.37. The zero-order chi connectivity index (χ0) is 14.8. The molecule has 0 saturated carbocycles. The molecule has 3 heterocycles. The van der Waals surface area contributed by atoms with Gasteiger partial charge in [-0.15, -0.1) is 5.10 Å². The quantitative estimate of drug-likeness (QED) is 0.554. The van der Waals surface area contributed by atoms with Crippen molar-refractivity contribution in [1.29, 1.82) is 0 Å². The monoisotopic (exact) mass is 308 g/mol. The summed E-state index contributed by atoms with van der Waals surface area (Å²) in [5, 5.41) is 22.4. The lowest BCUT2D eigenvalue weighted by Crippen LogP contribution is -2.15. The molecule has 12 heteroatoms. The van der Waals surface area contributed by atoms with Gasteiger partial charge in [-0.2, -0.15) is 4.52 Å². The molecule has 0 bridgehead atoms. The maximum Gasteiger partial charge on any atom is 0.325 e. The molecule has 3 aromatic rings. The molecule has 108 valence electrons. The summed E-state index contributed by atoms with van der Waals surface area (Å²) >= 11 is 1.18. The van der Waals surface area contributed by atoms with Crippen molar-refractivity contribution in [1.82, 2.24) is 39.8 Å². The van der Waals surface area contributed by atoms with E-state index >= 15 is 0 Å². The molecule has 0 aromatic carbocycles. The largest absolute Gasteiger partial charge is 0.480 e. The van der Waals surface area contributed by atoms with Gasteiger partial charge in [-0.25, -0.2) is 14.6 Å². The van der Waals surface area contributed by atoms with E-state index in [9.17, 15) is 9.59 Å². The number of thioether (sulfide) groups is 1. The van der Waals surface area contributed by atoms with Crippen LogP contribution in [0.2, 0.25) is 0 Å². The fourth-order valence-electron chi connectivity index (χ4n) is 1.61. The lowest BCUT2D eigenvalue weighted by Gasteiger charge is -2.01. The van der Waals surface area contributed by atoms with Gasteiger partial charge in [0.25, 0.3) is 11.3 Å². The van der Waals surface area contributed by atoms with Gasteiger partial charge in [-0.05, 0) is 10.4 Å². The van der Waals surface area contributed by atoms with Crippen LogP contribution in [0.1, 0.15) is 5.69 Å². The molecule has 0 atom stereocenters. The molecule has 11 nitrogen and oxygen atoms in total. The second-order valence-electron chi connectivity index (χ2n) is 3.91. The second kappa shape index (κ2) is 5.32. The minimum Gasteiger partial charge on any atom is -0.480 e. The van der Waals surface area contributed by atoms with Crippen LogP contribution >= 0.6 is 11.8 Å². The normalized spacial score (nSPS) is 11.0. The molecule has 2 N–H and O–H groups in total. The Morgan fingerprint density at radius 1 is 1.48 bits per heavy atom. The van der Waals surface area contributed by atoms with Crippen LogP contribution in [0.4, 0.5) is 0 Å². The Morgan fingerprint density at radius 3 is 3.14 bits per heavy atom. The molecule has 0 spiro atoms. The van der Waals surface area contributed by atoms with Gasteiger partial charge in [0.15, 0.2) is 0 Å². The van der Waals surface area contributed by atoms with Crippen molar-refractivity contribution in [3.8, 4) is 0 Å². The molecule has 0 unspecified atom stereocenters. The van der Waals surface area contributed by atoms with Crippen LogP contribution in [0.3, 0.4) is 0 Å². The molecule has 3 rings (SSSR count). The number of fused-ring (bicyclic) bond motifs is 1. The minimum absolute atomic E-state index is 0.267. The van der Waals surface area contributed by atoms with Crippen LogP contribution in [-0.2, 0) is 17.1 Å². The molecule has 0 aliphatic rings. The third-order valence-corrected chi connectivity index (χ3v) is 3.44. The highest BCUT2D eigenvalue weighted by molar-refractivity contribution is 7.98. The van der Waals surface area contributed by atoms with Crippen LogP contribution in [0.15, 0.2) is 22.3 Å². The van der Waals surface area contributed by atoms with Gasteiger partial charge >= 0.3 is 5.97 Å². The summed E-state index contributed by atoms with van der Waals surface area (Å²) in [7, 11) is 0. The highest BCUT2D eigenvalue weighted by Crippen LogP contribution is 2.18. The standard InChI is InChI=1S/C9H8N8O3S/c18-6-1-5(12-8-10-4-11-17(6)8)3-21-9-13-14-15-16(9)2-7(19)20/h1,4H,2-3H2,(H,19,20)(H,10,11,12). The summed E-state index contributed by atoms with van der Waals surface area (Å²) < 4.78 is 2.37. The summed E-state index contributed by atoms with van der Waals surface area (Å²) in [4.78, 5) is 30.5. The number of hydrogen-bond donors (Lipinski definition) is 2. The first kappa shape index (κ1) is 13.2. The number of H-pyrrole nitrogens is 1. The number of aromatic amines is 1. The number of carboxylic acid groups (broad SMARTS) is 1. The maximum absolute atomic E-state index is 11.8. The first-order valence-corrected chi connectivity index (χ1v) is 6.65. The Balaban J connectivity index is 1.79. The van der Waals surface area contributed by atoms with Gasteiger partial charge < -0.3 is 5.11 Å². The van der Waals surface area contributed by atoms with Gasteiger partial charge in [0.05, 0.1) is 5.69 Å². The van der Waals surface area contributed by atoms with Gasteiger partial charge in [0.2, 0.25) is 5.16 Å². The Morgan fingerprint density at radius 2 is 2.33 bits per heavy atom. The number of carboxylic acids is 1. The van der Waals surface area contributed by atoms with Crippen LogP contribution in [0.25, 0.3) is 5.78 Å². The van der Waals surface area contributed by atoms with Gasteiger partial charge in [-0.3, -0.25) is 14.7 Å². The average molecular weight is 308 g/mol. The van der Waals surface area contributed by atoms with Crippen LogP contribution in [0.5, 0.6) is 0 Å². The van der Waals surface area contributed by atoms with E-state index in [1.54, 1.807) is 0 Å². The van der Waals surface area contributed by atoms with Crippen LogP contribution in [0, 0.1) is 0 Å². The Kier molecular flexibility index (Phi) is 3.35. The fraction of sp³-hybridized carbons (Fsp3) is 0.222. The van der Waals surface area contributed by atoms with Crippen molar-refractivity contribution >= 4 is 23.5 Å². The number of rotatable bonds is 5. The van der Waals surface area contributed by atoms with E-state index < -0.39 is 5.97 Å². The third-order valence-electron chi connectivity index (χ3n) is 2.45. The van der Waals surface area contributed by atoms with E-state index in [0.29, 0.717) is 16.6 Å². The van der Waals surface area contributed by atoms with Crippen molar-refractivity contribution in [3.63, 3.8) is 0 Å². The summed E-state index contributed by atoms with van der Waals surface area (Å²) in [5.41, 5.74) is 0.222. The predicted molar refractivity (Wildman–Crippen MR) is 68.6 cm³/mol. The van der Waals surface area contributed by atoms with Crippen molar-refractivity contribution in [2.75, 3.05) is 0 Å². The number of carbonyl (C=O) groups is 1. The van der Waals surface area contributed by atoms with Crippen molar-refractivity contribution in [2.45, 2.75) is 17.5 Å². The Hall–Kier alpha value is -2.76. The summed E-state index contributed by atoms with van der Waals surface area (Å²) in [6.45, 7) is -0.330. The van der Waals surface area contributed by atoms with Gasteiger partial charge in [0.1, 0.15) is 12.9 Å². The number of nitrogens with zero attached hydrogens (tertiary/aromatic N) is 7. The molecule has 3 aromatic heterocycles. The van der Waals surface area contributed by atoms with E-state index in [4.69, 9.17) is 5.11 Å². The van der Waals surface area contributed by atoms with E-state index in [0.717, 1.165) is 4.68 Å². The molecule has 0 fully saturated rings. The van der Waals surface area contributed by atoms with Crippen LogP contribution in [-0.4, -0.2) is 50.9 Å². The van der Waals surface area contributed by atoms with Crippen molar-refractivity contribution < 1.29 is 9.90 Å². The number of nitrogens with one attached hydrogen (secondary N) is 1. The van der Waals surface area contributed by atoms with E-state index in [1.165, 1.54) is 28.7 Å². The number of aromatic nitrogens is 8. The number of aliphatic carboxylic acids is 1. The molecular weight excluding hydrogens is 300 g/mol. The Labute approximate surface area is 120 Å². The fourth-order valence-corrected chi connectivity index (χ4v) is 2.38. The van der Waals surface area contributed by atoms with Crippen LogP contribution < -0.4 is 5.56 Å². The maximum atomic E-state index is 11.8. The highest BCUT2D eigenvalue weighted by Gasteiger charge is 2.11. The first-order valence-electron chi connectivity index (χ1n) is 5.66. The molecule has 0 amide bonds. The van der Waals surface area contributed by atoms with Crippen molar-refractivity contribution in [3.05, 3.63) is 28.4 Å². The van der Waals surface area contributed by atoms with Crippen molar-refractivity contribution in [2.24, 2.45) is 0 Å². The molecule has 21 heavy (non-hydrogen) atoms. The topological polar surface area (TPSA) is 144 Å². The van der Waals surface area contributed by atoms with E-state index in [-0.39, 0.29) is 17.9 Å². The highest BCUT2D eigenvalue weighted by atomic mass is 32.2. The molecule has 0 saturated heterocycles. The van der Waals surface area contributed by atoms with Gasteiger partial charge in [-0.1, -0.05) is 11.8 Å². The van der Waals surface area contributed by atoms with Gasteiger partial charge in [0, 0.05) is 11.8 Å². The minimum atomic E-state index is -1.04. The zero-order valence-corrected chi connectivity index (χ0v) is 11.2. The number of tetrazole rings is 1.